The zero-order valence-electron chi connectivity index (χ0n) is 11.3. The van der Waals surface area contributed by atoms with Gasteiger partial charge in [-0.05, 0) is 20.8 Å². The molecule has 0 aliphatic rings. The van der Waals surface area contributed by atoms with Gasteiger partial charge in [-0.3, -0.25) is 0 Å². The molecule has 0 aliphatic carbocycles. The molecular weight excluding hydrogens is 230 g/mol. The number of nitrogens with zero attached hydrogens (tertiary/aromatic N) is 4. The van der Waals surface area contributed by atoms with E-state index in [0.29, 0.717) is 12.6 Å². The van der Waals surface area contributed by atoms with Gasteiger partial charge in [0.2, 0.25) is 11.9 Å². The topological polar surface area (TPSA) is 77.2 Å². The van der Waals surface area contributed by atoms with Gasteiger partial charge in [-0.25, -0.2) is 0 Å². The average molecular weight is 251 g/mol. The Morgan fingerprint density at radius 1 is 1.28 bits per heavy atom. The highest BCUT2D eigenvalue weighted by molar-refractivity contribution is 5.35. The fraction of sp³-hybridized carbons (Fsp3) is 0.583. The van der Waals surface area contributed by atoms with E-state index in [-0.39, 0.29) is 12.0 Å². The van der Waals surface area contributed by atoms with E-state index < -0.39 is 0 Å². The summed E-state index contributed by atoms with van der Waals surface area (Å²) in [6, 6.07) is 0.269. The standard InChI is InChI=1S/C12H21N5O/c1-5-17(6-2)11-14-10(13)15-12(16-11)18-8-7-9(3)4/h3,5-8H2,1-2,4H3,(H2,13,14,15,16). The number of nitrogens with two attached hydrogens (primary N) is 1. The summed E-state index contributed by atoms with van der Waals surface area (Å²) in [4.78, 5) is 14.3. The zero-order valence-corrected chi connectivity index (χ0v) is 11.3. The van der Waals surface area contributed by atoms with Gasteiger partial charge < -0.3 is 15.4 Å². The molecule has 0 radical (unpaired) electrons. The number of rotatable bonds is 7. The molecule has 1 aromatic heterocycles. The third-order valence-corrected chi connectivity index (χ3v) is 2.43. The summed E-state index contributed by atoms with van der Waals surface area (Å²) in [6.45, 7) is 11.9. The summed E-state index contributed by atoms with van der Waals surface area (Å²) < 4.78 is 5.45. The van der Waals surface area contributed by atoms with Crippen LogP contribution in [0.2, 0.25) is 0 Å². The molecule has 0 unspecified atom stereocenters. The first kappa shape index (κ1) is 14.2. The van der Waals surface area contributed by atoms with Gasteiger partial charge >= 0.3 is 6.01 Å². The van der Waals surface area contributed by atoms with Crippen molar-refractivity contribution in [3.8, 4) is 6.01 Å². The molecule has 0 saturated heterocycles. The monoisotopic (exact) mass is 251 g/mol. The molecule has 0 atom stereocenters. The Hall–Kier alpha value is -1.85. The van der Waals surface area contributed by atoms with E-state index in [0.717, 1.165) is 25.1 Å². The Labute approximate surface area is 108 Å². The van der Waals surface area contributed by atoms with E-state index in [1.165, 1.54) is 0 Å². The molecule has 100 valence electrons. The normalized spacial score (nSPS) is 10.2. The highest BCUT2D eigenvalue weighted by Crippen LogP contribution is 2.13. The van der Waals surface area contributed by atoms with Crippen molar-refractivity contribution in [3.63, 3.8) is 0 Å². The highest BCUT2D eigenvalue weighted by atomic mass is 16.5. The van der Waals surface area contributed by atoms with Crippen molar-refractivity contribution in [2.75, 3.05) is 30.3 Å². The Kier molecular flexibility index (Phi) is 5.35. The first-order valence-corrected chi connectivity index (χ1v) is 6.10. The smallest absolute Gasteiger partial charge is 0.323 e. The lowest BCUT2D eigenvalue weighted by Gasteiger charge is -2.18. The molecule has 1 heterocycles. The quantitative estimate of drug-likeness (QED) is 0.742. The molecule has 18 heavy (non-hydrogen) atoms. The van der Waals surface area contributed by atoms with Crippen molar-refractivity contribution in [1.82, 2.24) is 15.0 Å². The Balaban J connectivity index is 2.77. The molecule has 1 aromatic rings. The number of nitrogen functional groups attached to an aromatic ring is 1. The van der Waals surface area contributed by atoms with Crippen LogP contribution in [0.1, 0.15) is 27.2 Å². The van der Waals surface area contributed by atoms with Crippen molar-refractivity contribution in [3.05, 3.63) is 12.2 Å². The van der Waals surface area contributed by atoms with Crippen LogP contribution < -0.4 is 15.4 Å². The molecule has 0 aliphatic heterocycles. The number of ether oxygens (including phenoxy) is 1. The number of hydrogen-bond donors (Lipinski definition) is 1. The maximum atomic E-state index is 5.65. The SMILES string of the molecule is C=C(C)CCOc1nc(N)nc(N(CC)CC)n1. The second-order valence-electron chi connectivity index (χ2n) is 4.00. The molecule has 0 aromatic carbocycles. The van der Waals surface area contributed by atoms with Crippen molar-refractivity contribution < 1.29 is 4.74 Å². The molecule has 6 nitrogen and oxygen atoms in total. The predicted molar refractivity (Wildman–Crippen MR) is 72.7 cm³/mol. The van der Waals surface area contributed by atoms with Crippen molar-refractivity contribution in [2.24, 2.45) is 0 Å². The van der Waals surface area contributed by atoms with Gasteiger partial charge in [0.15, 0.2) is 0 Å². The maximum absolute atomic E-state index is 5.65. The van der Waals surface area contributed by atoms with E-state index in [9.17, 15) is 0 Å². The summed E-state index contributed by atoms with van der Waals surface area (Å²) in [7, 11) is 0. The van der Waals surface area contributed by atoms with E-state index in [2.05, 4.69) is 21.5 Å². The Morgan fingerprint density at radius 3 is 2.50 bits per heavy atom. The van der Waals surface area contributed by atoms with Gasteiger partial charge in [0.25, 0.3) is 0 Å². The van der Waals surface area contributed by atoms with Crippen LogP contribution in [0.3, 0.4) is 0 Å². The first-order chi connectivity index (χ1) is 8.56. The van der Waals surface area contributed by atoms with Gasteiger partial charge in [-0.15, -0.1) is 6.58 Å². The summed E-state index contributed by atoms with van der Waals surface area (Å²) in [5.74, 6) is 0.732. The predicted octanol–water partition coefficient (Wildman–Crippen LogP) is 1.64. The fourth-order valence-corrected chi connectivity index (χ4v) is 1.39. The second-order valence-corrected chi connectivity index (χ2v) is 4.00. The van der Waals surface area contributed by atoms with E-state index in [1.54, 1.807) is 0 Å². The lowest BCUT2D eigenvalue weighted by Crippen LogP contribution is -2.25. The average Bonchev–Trinajstić information content (AvgIpc) is 2.29. The molecule has 0 spiro atoms. The van der Waals surface area contributed by atoms with Crippen LogP contribution in [-0.2, 0) is 0 Å². The van der Waals surface area contributed by atoms with E-state index >= 15 is 0 Å². The largest absolute Gasteiger partial charge is 0.463 e. The maximum Gasteiger partial charge on any atom is 0.323 e. The van der Waals surface area contributed by atoms with Crippen molar-refractivity contribution >= 4 is 11.9 Å². The lowest BCUT2D eigenvalue weighted by atomic mass is 10.3. The minimum absolute atomic E-state index is 0.178. The van der Waals surface area contributed by atoms with E-state index in [1.807, 2.05) is 25.7 Å². The summed E-state index contributed by atoms with van der Waals surface area (Å²) in [6.07, 6.45) is 0.770. The van der Waals surface area contributed by atoms with Crippen molar-refractivity contribution in [1.29, 1.82) is 0 Å². The second kappa shape index (κ2) is 6.78. The molecular formula is C12H21N5O. The number of aromatic nitrogens is 3. The van der Waals surface area contributed by atoms with Gasteiger partial charge in [0.05, 0.1) is 6.61 Å². The van der Waals surface area contributed by atoms with Crippen LogP contribution >= 0.6 is 0 Å². The van der Waals surface area contributed by atoms with Crippen LogP contribution in [-0.4, -0.2) is 34.6 Å². The summed E-state index contributed by atoms with van der Waals surface area (Å²) >= 11 is 0. The van der Waals surface area contributed by atoms with Crippen LogP contribution in [0.5, 0.6) is 6.01 Å². The van der Waals surface area contributed by atoms with Crippen LogP contribution in [0.4, 0.5) is 11.9 Å². The number of hydrogen-bond acceptors (Lipinski definition) is 6. The molecule has 0 saturated carbocycles. The summed E-state index contributed by atoms with van der Waals surface area (Å²) in [5, 5.41) is 0. The van der Waals surface area contributed by atoms with Crippen molar-refractivity contribution in [2.45, 2.75) is 27.2 Å². The minimum atomic E-state index is 0.178. The van der Waals surface area contributed by atoms with Gasteiger partial charge in [0.1, 0.15) is 0 Å². The van der Waals surface area contributed by atoms with Crippen LogP contribution in [0, 0.1) is 0 Å². The van der Waals surface area contributed by atoms with Crippen LogP contribution in [0.25, 0.3) is 0 Å². The molecule has 0 bridgehead atoms. The van der Waals surface area contributed by atoms with Gasteiger partial charge in [0, 0.05) is 19.5 Å². The molecule has 6 heteroatoms. The number of anilines is 2. The van der Waals surface area contributed by atoms with Crippen LogP contribution in [0.15, 0.2) is 12.2 Å². The van der Waals surface area contributed by atoms with Gasteiger partial charge in [-0.2, -0.15) is 15.0 Å². The molecule has 1 rings (SSSR count). The fourth-order valence-electron chi connectivity index (χ4n) is 1.39. The zero-order chi connectivity index (χ0) is 13.5. The van der Waals surface area contributed by atoms with E-state index in [4.69, 9.17) is 10.5 Å². The third-order valence-electron chi connectivity index (χ3n) is 2.43. The first-order valence-electron chi connectivity index (χ1n) is 6.10. The van der Waals surface area contributed by atoms with Gasteiger partial charge in [-0.1, -0.05) is 5.57 Å². The Bertz CT molecular complexity index is 403. The lowest BCUT2D eigenvalue weighted by molar-refractivity contribution is 0.296. The molecule has 0 amide bonds. The molecule has 0 fully saturated rings. The molecule has 2 N–H and O–H groups in total. The highest BCUT2D eigenvalue weighted by Gasteiger charge is 2.10. The minimum Gasteiger partial charge on any atom is -0.463 e. The third kappa shape index (κ3) is 4.20. The summed E-state index contributed by atoms with van der Waals surface area (Å²) in [5.41, 5.74) is 6.71. The Morgan fingerprint density at radius 2 is 1.94 bits per heavy atom.